The van der Waals surface area contributed by atoms with E-state index in [4.69, 9.17) is 4.74 Å². The lowest BCUT2D eigenvalue weighted by Crippen LogP contribution is -2.42. The van der Waals surface area contributed by atoms with E-state index in [1.165, 1.54) is 18.4 Å². The number of rotatable bonds is 9. The van der Waals surface area contributed by atoms with Crippen LogP contribution in [0.25, 0.3) is 10.6 Å². The Hall–Kier alpha value is -1.84. The molecule has 0 bridgehead atoms. The fourth-order valence-corrected chi connectivity index (χ4v) is 3.43. The van der Waals surface area contributed by atoms with Crippen molar-refractivity contribution in [3.63, 3.8) is 0 Å². The van der Waals surface area contributed by atoms with Crippen molar-refractivity contribution in [2.24, 2.45) is 0 Å². The van der Waals surface area contributed by atoms with E-state index in [0.29, 0.717) is 11.7 Å². The highest BCUT2D eigenvalue weighted by molar-refractivity contribution is 9.10. The molecule has 1 aromatic carbocycles. The third-order valence-electron chi connectivity index (χ3n) is 4.05. The molecule has 1 atom stereocenters. The number of carbonyl (C=O) groups excluding carboxylic acids is 2. The van der Waals surface area contributed by atoms with Crippen molar-refractivity contribution < 1.29 is 14.3 Å². The van der Waals surface area contributed by atoms with E-state index < -0.39 is 0 Å². The van der Waals surface area contributed by atoms with Crippen LogP contribution in [-0.4, -0.2) is 53.2 Å². The van der Waals surface area contributed by atoms with Crippen LogP contribution in [0.4, 0.5) is 5.13 Å². The van der Waals surface area contributed by atoms with Crippen LogP contribution < -0.4 is 5.32 Å². The van der Waals surface area contributed by atoms with Gasteiger partial charge in [-0.2, -0.15) is 0 Å². The number of halogens is 1. The Morgan fingerprint density at radius 2 is 2.00 bits per heavy atom. The maximum atomic E-state index is 12.3. The number of nitrogens with zero attached hydrogens (tertiary/aromatic N) is 3. The molecule has 2 amide bonds. The van der Waals surface area contributed by atoms with Crippen LogP contribution >= 0.6 is 27.3 Å². The fraction of sp³-hybridized carbons (Fsp3) is 0.444. The maximum Gasteiger partial charge on any atom is 0.248 e. The molecule has 0 saturated heterocycles. The Labute approximate surface area is 171 Å². The summed E-state index contributed by atoms with van der Waals surface area (Å²) in [6.45, 7) is 4.31. The van der Waals surface area contributed by atoms with Gasteiger partial charge in [0.15, 0.2) is 0 Å². The van der Waals surface area contributed by atoms with Crippen LogP contribution in [0.3, 0.4) is 0 Å². The quantitative estimate of drug-likeness (QED) is 0.625. The molecule has 0 aliphatic carbocycles. The SMILES string of the molecule is CCC(C)N(CCC(=O)Nc1nnc(-c2ccc(Br)cc2)s1)C(=O)COC. The van der Waals surface area contributed by atoms with Gasteiger partial charge in [-0.1, -0.05) is 46.3 Å². The highest BCUT2D eigenvalue weighted by atomic mass is 79.9. The number of hydrogen-bond donors (Lipinski definition) is 1. The minimum absolute atomic E-state index is 0.0128. The van der Waals surface area contributed by atoms with Gasteiger partial charge < -0.3 is 15.0 Å². The normalized spacial score (nSPS) is 11.9. The summed E-state index contributed by atoms with van der Waals surface area (Å²) in [6.07, 6.45) is 0.997. The van der Waals surface area contributed by atoms with Crippen LogP contribution in [0, 0.1) is 0 Å². The summed E-state index contributed by atoms with van der Waals surface area (Å²) in [4.78, 5) is 26.1. The topological polar surface area (TPSA) is 84.4 Å². The predicted octanol–water partition coefficient (Wildman–Crippen LogP) is 3.57. The lowest BCUT2D eigenvalue weighted by Gasteiger charge is -2.28. The van der Waals surface area contributed by atoms with Gasteiger partial charge in [-0.3, -0.25) is 9.59 Å². The first-order valence-electron chi connectivity index (χ1n) is 8.62. The smallest absolute Gasteiger partial charge is 0.248 e. The van der Waals surface area contributed by atoms with Crippen LogP contribution in [0.15, 0.2) is 28.7 Å². The van der Waals surface area contributed by atoms with Crippen molar-refractivity contribution in [1.82, 2.24) is 15.1 Å². The largest absolute Gasteiger partial charge is 0.375 e. The summed E-state index contributed by atoms with van der Waals surface area (Å²) in [5.41, 5.74) is 0.935. The molecule has 0 fully saturated rings. The van der Waals surface area contributed by atoms with Crippen LogP contribution in [0.5, 0.6) is 0 Å². The minimum atomic E-state index is -0.202. The molecule has 1 heterocycles. The van der Waals surface area contributed by atoms with Crippen LogP contribution in [-0.2, 0) is 14.3 Å². The van der Waals surface area contributed by atoms with Gasteiger partial charge in [-0.25, -0.2) is 0 Å². The van der Waals surface area contributed by atoms with E-state index in [-0.39, 0.29) is 30.9 Å². The van der Waals surface area contributed by atoms with Gasteiger partial charge in [0.1, 0.15) is 11.6 Å². The van der Waals surface area contributed by atoms with Crippen molar-refractivity contribution in [3.05, 3.63) is 28.7 Å². The lowest BCUT2D eigenvalue weighted by atomic mass is 10.2. The molecule has 7 nitrogen and oxygen atoms in total. The Kier molecular flexibility index (Phi) is 8.33. The molecule has 27 heavy (non-hydrogen) atoms. The van der Waals surface area contributed by atoms with E-state index in [0.717, 1.165) is 21.5 Å². The Morgan fingerprint density at radius 3 is 2.63 bits per heavy atom. The predicted molar refractivity (Wildman–Crippen MR) is 110 cm³/mol. The molecular weight excluding hydrogens is 432 g/mol. The number of anilines is 1. The molecule has 2 rings (SSSR count). The summed E-state index contributed by atoms with van der Waals surface area (Å²) >= 11 is 4.70. The molecule has 9 heteroatoms. The number of ether oxygens (including phenoxy) is 1. The van der Waals surface area contributed by atoms with Gasteiger partial charge >= 0.3 is 0 Å². The first-order valence-corrected chi connectivity index (χ1v) is 10.2. The maximum absolute atomic E-state index is 12.3. The van der Waals surface area contributed by atoms with Gasteiger partial charge in [0.05, 0.1) is 0 Å². The molecule has 1 aromatic heterocycles. The number of amides is 2. The molecule has 0 radical (unpaired) electrons. The van der Waals surface area contributed by atoms with Crippen LogP contribution in [0.2, 0.25) is 0 Å². The number of hydrogen-bond acceptors (Lipinski definition) is 6. The first-order chi connectivity index (χ1) is 12.9. The number of benzene rings is 1. The van der Waals surface area contributed by atoms with Crippen molar-refractivity contribution >= 4 is 44.2 Å². The molecule has 0 aliphatic rings. The zero-order chi connectivity index (χ0) is 19.8. The fourth-order valence-electron chi connectivity index (χ4n) is 2.40. The van der Waals surface area contributed by atoms with Gasteiger partial charge in [0.2, 0.25) is 16.9 Å². The summed E-state index contributed by atoms with van der Waals surface area (Å²) in [5, 5.41) is 12.1. The summed E-state index contributed by atoms with van der Waals surface area (Å²) < 4.78 is 5.91. The molecule has 0 saturated carbocycles. The second-order valence-corrected chi connectivity index (χ2v) is 7.89. The van der Waals surface area contributed by atoms with E-state index in [1.807, 2.05) is 38.1 Å². The van der Waals surface area contributed by atoms with E-state index in [9.17, 15) is 9.59 Å². The van der Waals surface area contributed by atoms with E-state index in [2.05, 4.69) is 31.4 Å². The standard InChI is InChI=1S/C18H23BrN4O3S/c1-4-12(2)23(16(25)11-26-3)10-9-15(24)20-18-22-21-17(27-18)13-5-7-14(19)8-6-13/h5-8,12H,4,9-11H2,1-3H3,(H,20,22,24). The third-order valence-corrected chi connectivity index (χ3v) is 5.47. The van der Waals surface area contributed by atoms with E-state index >= 15 is 0 Å². The summed E-state index contributed by atoms with van der Waals surface area (Å²) in [7, 11) is 1.48. The number of aromatic nitrogens is 2. The Morgan fingerprint density at radius 1 is 1.30 bits per heavy atom. The third kappa shape index (κ3) is 6.37. The highest BCUT2D eigenvalue weighted by Crippen LogP contribution is 2.27. The van der Waals surface area contributed by atoms with Gasteiger partial charge in [-0.15, -0.1) is 10.2 Å². The van der Waals surface area contributed by atoms with E-state index in [1.54, 1.807) is 4.90 Å². The van der Waals surface area contributed by atoms with Crippen molar-refractivity contribution in [2.75, 3.05) is 25.6 Å². The lowest BCUT2D eigenvalue weighted by molar-refractivity contribution is -0.137. The zero-order valence-corrected chi connectivity index (χ0v) is 18.0. The number of nitrogens with one attached hydrogen (secondary N) is 1. The zero-order valence-electron chi connectivity index (χ0n) is 15.6. The molecular formula is C18H23BrN4O3S. The minimum Gasteiger partial charge on any atom is -0.375 e. The molecule has 1 unspecified atom stereocenters. The molecule has 1 N–H and O–H groups in total. The van der Waals surface area contributed by atoms with Gasteiger partial charge in [0, 0.05) is 36.2 Å². The average molecular weight is 455 g/mol. The van der Waals surface area contributed by atoms with Crippen molar-refractivity contribution in [1.29, 1.82) is 0 Å². The molecule has 0 aliphatic heterocycles. The number of methoxy groups -OCH3 is 1. The second kappa shape index (κ2) is 10.5. The Balaban J connectivity index is 1.93. The summed E-state index contributed by atoms with van der Waals surface area (Å²) in [5.74, 6) is -0.319. The Bertz CT molecular complexity index is 766. The van der Waals surface area contributed by atoms with Gasteiger partial charge in [-0.05, 0) is 25.5 Å². The number of carbonyl (C=O) groups is 2. The van der Waals surface area contributed by atoms with Crippen molar-refractivity contribution in [2.45, 2.75) is 32.7 Å². The first kappa shape index (κ1) is 21.5. The highest BCUT2D eigenvalue weighted by Gasteiger charge is 2.20. The molecule has 0 spiro atoms. The average Bonchev–Trinajstić information content (AvgIpc) is 3.10. The monoisotopic (exact) mass is 454 g/mol. The second-order valence-electron chi connectivity index (χ2n) is 5.99. The van der Waals surface area contributed by atoms with Gasteiger partial charge in [0.25, 0.3) is 0 Å². The molecule has 2 aromatic rings. The van der Waals surface area contributed by atoms with Crippen molar-refractivity contribution in [3.8, 4) is 10.6 Å². The summed E-state index contributed by atoms with van der Waals surface area (Å²) in [6, 6.07) is 7.76. The van der Waals surface area contributed by atoms with Crippen LogP contribution in [0.1, 0.15) is 26.7 Å². The molecule has 146 valence electrons.